The molecule has 0 radical (unpaired) electrons. The number of benzene rings is 2. The summed E-state index contributed by atoms with van der Waals surface area (Å²) >= 11 is 0. The van der Waals surface area contributed by atoms with Gasteiger partial charge in [-0.2, -0.15) is 0 Å². The highest BCUT2D eigenvalue weighted by Gasteiger charge is 2.09. The van der Waals surface area contributed by atoms with Gasteiger partial charge in [-0.25, -0.2) is 4.79 Å². The molecular weight excluding hydrogens is 240 g/mol. The van der Waals surface area contributed by atoms with Gasteiger partial charge in [0.15, 0.2) is 0 Å². The number of hydrogen-bond donors (Lipinski definition) is 0. The maximum Gasteiger partial charge on any atom is 0.338 e. The molecule has 3 heteroatoms. The minimum Gasteiger partial charge on any atom is -0.489 e. The van der Waals surface area contributed by atoms with Crippen molar-refractivity contribution in [2.24, 2.45) is 0 Å². The molecule has 0 aliphatic heterocycles. The van der Waals surface area contributed by atoms with Crippen LogP contribution in [-0.2, 0) is 11.3 Å². The molecule has 0 spiro atoms. The summed E-state index contributed by atoms with van der Waals surface area (Å²) in [5.74, 6) is 0.519. The predicted molar refractivity (Wildman–Crippen MR) is 73.3 cm³/mol. The van der Waals surface area contributed by atoms with Gasteiger partial charge >= 0.3 is 5.97 Å². The van der Waals surface area contributed by atoms with Crippen LogP contribution in [0.15, 0.2) is 48.5 Å². The fraction of sp³-hybridized carbons (Fsp3) is 0.188. The van der Waals surface area contributed by atoms with Gasteiger partial charge in [-0.15, -0.1) is 0 Å². The van der Waals surface area contributed by atoms with Gasteiger partial charge in [0.1, 0.15) is 12.4 Å². The molecule has 0 N–H and O–H groups in total. The van der Waals surface area contributed by atoms with Crippen LogP contribution < -0.4 is 4.74 Å². The van der Waals surface area contributed by atoms with Crippen molar-refractivity contribution in [3.63, 3.8) is 0 Å². The predicted octanol–water partition coefficient (Wildman–Crippen LogP) is 3.36. The fourth-order valence-electron chi connectivity index (χ4n) is 1.84. The number of esters is 1. The second-order valence-corrected chi connectivity index (χ2v) is 4.24. The molecule has 2 aromatic carbocycles. The first-order valence-electron chi connectivity index (χ1n) is 6.06. The number of aryl methyl sites for hydroxylation is 1. The summed E-state index contributed by atoms with van der Waals surface area (Å²) < 4.78 is 10.4. The molecular formula is C16H16O3. The lowest BCUT2D eigenvalue weighted by molar-refractivity contribution is 0.0600. The molecule has 0 unspecified atom stereocenters. The lowest BCUT2D eigenvalue weighted by Crippen LogP contribution is -2.05. The highest BCUT2D eigenvalue weighted by Crippen LogP contribution is 2.15. The molecule has 0 heterocycles. The summed E-state index contributed by atoms with van der Waals surface area (Å²) in [5, 5.41) is 0. The van der Waals surface area contributed by atoms with Crippen molar-refractivity contribution in [3.05, 3.63) is 65.2 Å². The lowest BCUT2D eigenvalue weighted by Gasteiger charge is -2.09. The summed E-state index contributed by atoms with van der Waals surface area (Å²) in [5.41, 5.74) is 2.50. The minimum absolute atomic E-state index is 0.312. The van der Waals surface area contributed by atoms with Crippen molar-refractivity contribution in [2.75, 3.05) is 7.11 Å². The maximum atomic E-state index is 11.5. The summed E-state index contributed by atoms with van der Waals surface area (Å²) in [6.45, 7) is 2.37. The largest absolute Gasteiger partial charge is 0.489 e. The van der Waals surface area contributed by atoms with E-state index in [1.165, 1.54) is 7.11 Å². The number of para-hydroxylation sites is 1. The van der Waals surface area contributed by atoms with Gasteiger partial charge in [-0.05, 0) is 36.2 Å². The highest BCUT2D eigenvalue weighted by molar-refractivity contribution is 5.90. The van der Waals surface area contributed by atoms with Gasteiger partial charge in [0.2, 0.25) is 0 Å². The molecule has 0 aliphatic carbocycles. The second-order valence-electron chi connectivity index (χ2n) is 4.24. The number of carbonyl (C=O) groups is 1. The van der Waals surface area contributed by atoms with Gasteiger partial charge in [0, 0.05) is 0 Å². The van der Waals surface area contributed by atoms with E-state index in [2.05, 4.69) is 0 Å². The third-order valence-corrected chi connectivity index (χ3v) is 2.84. The fourth-order valence-corrected chi connectivity index (χ4v) is 1.84. The molecule has 0 aromatic heterocycles. The summed E-state index contributed by atoms with van der Waals surface area (Å²) in [4.78, 5) is 11.5. The van der Waals surface area contributed by atoms with Crippen LogP contribution in [0.4, 0.5) is 0 Å². The van der Waals surface area contributed by atoms with Crippen molar-refractivity contribution in [1.82, 2.24) is 0 Å². The van der Waals surface area contributed by atoms with Crippen LogP contribution in [0.1, 0.15) is 21.5 Å². The van der Waals surface area contributed by atoms with Crippen molar-refractivity contribution in [3.8, 4) is 5.75 Å². The Balaban J connectivity index is 2.06. The van der Waals surface area contributed by atoms with Gasteiger partial charge in [0.25, 0.3) is 0 Å². The monoisotopic (exact) mass is 256 g/mol. The zero-order valence-corrected chi connectivity index (χ0v) is 11.1. The Hall–Kier alpha value is -2.29. The molecule has 0 fully saturated rings. The van der Waals surface area contributed by atoms with E-state index in [0.29, 0.717) is 12.2 Å². The third kappa shape index (κ3) is 3.35. The van der Waals surface area contributed by atoms with E-state index in [4.69, 9.17) is 9.47 Å². The summed E-state index contributed by atoms with van der Waals surface area (Å²) in [6, 6.07) is 15.2. The van der Waals surface area contributed by atoms with Crippen molar-refractivity contribution in [1.29, 1.82) is 0 Å². The molecule has 2 aromatic rings. The van der Waals surface area contributed by atoms with Crippen molar-refractivity contribution < 1.29 is 14.3 Å². The molecule has 0 atom stereocenters. The molecule has 0 saturated heterocycles. The highest BCUT2D eigenvalue weighted by atomic mass is 16.5. The SMILES string of the molecule is COC(=O)c1ccc(COc2ccccc2)cc1C. The standard InChI is InChI=1S/C16H16O3/c1-12-10-13(8-9-15(12)16(17)18-2)11-19-14-6-4-3-5-7-14/h3-10H,11H2,1-2H3. The number of ether oxygens (including phenoxy) is 2. The number of carbonyl (C=O) groups excluding carboxylic acids is 1. The van der Waals surface area contributed by atoms with Crippen LogP contribution in [0.3, 0.4) is 0 Å². The van der Waals surface area contributed by atoms with Crippen LogP contribution >= 0.6 is 0 Å². The molecule has 0 aliphatic rings. The van der Waals surface area contributed by atoms with Crippen molar-refractivity contribution >= 4 is 5.97 Å². The first-order valence-corrected chi connectivity index (χ1v) is 6.06. The molecule has 98 valence electrons. The first-order chi connectivity index (χ1) is 9.20. The van der Waals surface area contributed by atoms with E-state index < -0.39 is 0 Å². The molecule has 0 amide bonds. The molecule has 19 heavy (non-hydrogen) atoms. The normalized spacial score (nSPS) is 10.0. The number of rotatable bonds is 4. The van der Waals surface area contributed by atoms with E-state index >= 15 is 0 Å². The van der Waals surface area contributed by atoms with Crippen LogP contribution in [0, 0.1) is 6.92 Å². The Morgan fingerprint density at radius 3 is 2.47 bits per heavy atom. The zero-order chi connectivity index (χ0) is 13.7. The maximum absolute atomic E-state index is 11.5. The molecule has 3 nitrogen and oxygen atoms in total. The first kappa shape index (κ1) is 13.1. The summed E-state index contributed by atoms with van der Waals surface area (Å²) in [7, 11) is 1.38. The average molecular weight is 256 g/mol. The number of methoxy groups -OCH3 is 1. The van der Waals surface area contributed by atoms with E-state index in [9.17, 15) is 4.79 Å². The zero-order valence-electron chi connectivity index (χ0n) is 11.1. The van der Waals surface area contributed by atoms with E-state index in [1.54, 1.807) is 6.07 Å². The minimum atomic E-state index is -0.312. The topological polar surface area (TPSA) is 35.5 Å². The Bertz CT molecular complexity index is 561. The van der Waals surface area contributed by atoms with Gasteiger partial charge in [0.05, 0.1) is 12.7 Å². The molecule has 2 rings (SSSR count). The van der Waals surface area contributed by atoms with E-state index in [0.717, 1.165) is 16.9 Å². The van der Waals surface area contributed by atoms with Crippen molar-refractivity contribution in [2.45, 2.75) is 13.5 Å². The smallest absolute Gasteiger partial charge is 0.338 e. The van der Waals surface area contributed by atoms with Crippen LogP contribution in [0.5, 0.6) is 5.75 Å². The summed E-state index contributed by atoms with van der Waals surface area (Å²) in [6.07, 6.45) is 0. The van der Waals surface area contributed by atoms with E-state index in [1.807, 2.05) is 49.4 Å². The van der Waals surface area contributed by atoms with Gasteiger partial charge in [-0.3, -0.25) is 0 Å². The van der Waals surface area contributed by atoms with Gasteiger partial charge < -0.3 is 9.47 Å². The Morgan fingerprint density at radius 2 is 1.84 bits per heavy atom. The lowest BCUT2D eigenvalue weighted by atomic mass is 10.1. The number of hydrogen-bond acceptors (Lipinski definition) is 3. The average Bonchev–Trinajstić information content (AvgIpc) is 2.45. The van der Waals surface area contributed by atoms with Crippen LogP contribution in [-0.4, -0.2) is 13.1 Å². The van der Waals surface area contributed by atoms with Crippen LogP contribution in [0.25, 0.3) is 0 Å². The second kappa shape index (κ2) is 6.05. The van der Waals surface area contributed by atoms with Crippen LogP contribution in [0.2, 0.25) is 0 Å². The quantitative estimate of drug-likeness (QED) is 0.787. The molecule has 0 bridgehead atoms. The van der Waals surface area contributed by atoms with E-state index in [-0.39, 0.29) is 5.97 Å². The van der Waals surface area contributed by atoms with Gasteiger partial charge in [-0.1, -0.05) is 30.3 Å². The Morgan fingerprint density at radius 1 is 1.11 bits per heavy atom. The molecule has 0 saturated carbocycles. The third-order valence-electron chi connectivity index (χ3n) is 2.84. The Labute approximate surface area is 112 Å². The Kier molecular flexibility index (Phi) is 4.18.